The Bertz CT molecular complexity index is 1900. The zero-order chi connectivity index (χ0) is 30.0. The summed E-state index contributed by atoms with van der Waals surface area (Å²) >= 11 is 1.16. The molecule has 1 aliphatic heterocycles. The number of hydrogen-bond acceptors (Lipinski definition) is 10. The second kappa shape index (κ2) is 11.9. The third-order valence-corrected chi connectivity index (χ3v) is 7.73. The zero-order valence-corrected chi connectivity index (χ0v) is 24.4. The first-order valence-electron chi connectivity index (χ1n) is 13.0. The van der Waals surface area contributed by atoms with E-state index in [4.69, 9.17) is 23.4 Å². The third kappa shape index (κ3) is 5.14. The van der Waals surface area contributed by atoms with E-state index in [-0.39, 0.29) is 17.7 Å². The van der Waals surface area contributed by atoms with Gasteiger partial charge in [0.2, 0.25) is 0 Å². The van der Waals surface area contributed by atoms with Crippen molar-refractivity contribution in [1.29, 1.82) is 0 Å². The summed E-state index contributed by atoms with van der Waals surface area (Å²) in [7, 11) is 4.36. The monoisotopic (exact) mass is 588 g/mol. The maximum atomic E-state index is 14.0. The van der Waals surface area contributed by atoms with Crippen LogP contribution in [0.3, 0.4) is 0 Å². The number of furan rings is 1. The van der Waals surface area contributed by atoms with E-state index in [1.54, 1.807) is 74.5 Å². The quantitative estimate of drug-likeness (QED) is 0.285. The molecule has 0 saturated heterocycles. The lowest BCUT2D eigenvalue weighted by Gasteiger charge is -2.26. The van der Waals surface area contributed by atoms with Crippen LogP contribution in [0.15, 0.2) is 80.1 Å². The Hall–Kier alpha value is -4.90. The predicted molar refractivity (Wildman–Crippen MR) is 155 cm³/mol. The van der Waals surface area contributed by atoms with Crippen LogP contribution < -0.4 is 24.4 Å². The van der Waals surface area contributed by atoms with Crippen LogP contribution in [0, 0.1) is 0 Å². The van der Waals surface area contributed by atoms with Gasteiger partial charge in [0.25, 0.3) is 5.56 Å². The van der Waals surface area contributed by atoms with Crippen molar-refractivity contribution in [3.63, 3.8) is 0 Å². The summed E-state index contributed by atoms with van der Waals surface area (Å²) in [6.45, 7) is 3.58. The molecule has 2 aromatic carbocycles. The van der Waals surface area contributed by atoms with Crippen LogP contribution in [0.1, 0.15) is 41.6 Å². The van der Waals surface area contributed by atoms with Gasteiger partial charge in [-0.25, -0.2) is 14.6 Å². The average molecular weight is 589 g/mol. The number of methoxy groups -OCH3 is 3. The van der Waals surface area contributed by atoms with Crippen LogP contribution in [0.4, 0.5) is 0 Å². The zero-order valence-electron chi connectivity index (χ0n) is 23.6. The number of rotatable bonds is 8. The summed E-state index contributed by atoms with van der Waals surface area (Å²) in [5, 5.41) is 0. The number of nitrogens with zero attached hydrogens (tertiary/aromatic N) is 2. The van der Waals surface area contributed by atoms with Gasteiger partial charge in [0.15, 0.2) is 4.80 Å². The van der Waals surface area contributed by atoms with Gasteiger partial charge >= 0.3 is 11.9 Å². The van der Waals surface area contributed by atoms with E-state index < -0.39 is 18.0 Å². The van der Waals surface area contributed by atoms with Gasteiger partial charge in [0.1, 0.15) is 29.1 Å². The van der Waals surface area contributed by atoms with E-state index >= 15 is 0 Å². The van der Waals surface area contributed by atoms with Gasteiger partial charge in [-0.2, -0.15) is 0 Å². The van der Waals surface area contributed by atoms with Gasteiger partial charge in [0, 0.05) is 17.2 Å². The van der Waals surface area contributed by atoms with E-state index in [1.807, 2.05) is 0 Å². The van der Waals surface area contributed by atoms with Gasteiger partial charge in [-0.3, -0.25) is 9.36 Å². The minimum Gasteiger partial charge on any atom is -0.497 e. The molecule has 0 saturated carbocycles. The second-order valence-corrected chi connectivity index (χ2v) is 10.2. The Kier molecular flexibility index (Phi) is 8.12. The maximum Gasteiger partial charge on any atom is 0.338 e. The summed E-state index contributed by atoms with van der Waals surface area (Å²) in [5.74, 6) is 0.759. The lowest BCUT2D eigenvalue weighted by molar-refractivity contribution is -0.139. The molecule has 3 heterocycles. The number of thiazole rings is 1. The average Bonchev–Trinajstić information content (AvgIpc) is 3.59. The highest BCUT2D eigenvalue weighted by atomic mass is 32.1. The topological polar surface area (TPSA) is 119 Å². The molecule has 0 fully saturated rings. The van der Waals surface area contributed by atoms with Crippen molar-refractivity contribution in [2.24, 2.45) is 4.99 Å². The number of carbonyl (C=O) groups excluding carboxylic acids is 2. The van der Waals surface area contributed by atoms with Crippen molar-refractivity contribution in [2.45, 2.75) is 19.9 Å². The molecule has 1 atom stereocenters. The summed E-state index contributed by atoms with van der Waals surface area (Å²) in [6.07, 6.45) is 1.61. The van der Waals surface area contributed by atoms with Crippen molar-refractivity contribution in [3.05, 3.63) is 102 Å². The van der Waals surface area contributed by atoms with E-state index in [0.29, 0.717) is 54.7 Å². The normalized spacial score (nSPS) is 14.7. The van der Waals surface area contributed by atoms with E-state index in [1.165, 1.54) is 25.9 Å². The fraction of sp³-hybridized carbons (Fsp3) is 0.226. The molecule has 5 rings (SSSR count). The van der Waals surface area contributed by atoms with Gasteiger partial charge in [-0.1, -0.05) is 29.5 Å². The van der Waals surface area contributed by atoms with Crippen LogP contribution in [-0.4, -0.2) is 44.4 Å². The van der Waals surface area contributed by atoms with Gasteiger partial charge in [-0.15, -0.1) is 0 Å². The smallest absolute Gasteiger partial charge is 0.338 e. The van der Waals surface area contributed by atoms with Gasteiger partial charge in [0.05, 0.1) is 49.3 Å². The fourth-order valence-electron chi connectivity index (χ4n) is 4.83. The molecule has 0 N–H and O–H groups in total. The number of carbonyl (C=O) groups is 2. The minimum atomic E-state index is -0.883. The first-order valence-corrected chi connectivity index (χ1v) is 13.8. The molecule has 0 spiro atoms. The van der Waals surface area contributed by atoms with Crippen LogP contribution >= 0.6 is 11.3 Å². The summed E-state index contributed by atoms with van der Waals surface area (Å²) in [6, 6.07) is 14.7. The van der Waals surface area contributed by atoms with Crippen molar-refractivity contribution < 1.29 is 33.0 Å². The van der Waals surface area contributed by atoms with Crippen molar-refractivity contribution in [2.75, 3.05) is 27.9 Å². The molecule has 42 heavy (non-hydrogen) atoms. The standard InChI is InChI=1S/C31H28N2O8S/c1-6-40-30(36)26-17(2)32-31-33(27(26)22-15-18(37-3)11-13-23(22)38-4)28(34)25(42-31)16-19-12-14-24(41-19)20-9-7-8-10-21(20)29(35)39-5/h7-16,27H,6H2,1-5H3. The number of esters is 2. The molecule has 10 nitrogen and oxygen atoms in total. The summed E-state index contributed by atoms with van der Waals surface area (Å²) in [4.78, 5) is 44.5. The minimum absolute atomic E-state index is 0.155. The Morgan fingerprint density at radius 3 is 2.55 bits per heavy atom. The van der Waals surface area contributed by atoms with Crippen molar-refractivity contribution in [3.8, 4) is 22.8 Å². The predicted octanol–water partition coefficient (Wildman–Crippen LogP) is 3.86. The molecule has 216 valence electrons. The molecule has 2 aromatic heterocycles. The van der Waals surface area contributed by atoms with Gasteiger partial charge < -0.3 is 23.4 Å². The molecule has 0 radical (unpaired) electrons. The second-order valence-electron chi connectivity index (χ2n) is 9.15. The molecule has 0 amide bonds. The fourth-order valence-corrected chi connectivity index (χ4v) is 5.86. The van der Waals surface area contributed by atoms with Gasteiger partial charge in [-0.05, 0) is 50.2 Å². The Morgan fingerprint density at radius 1 is 1.05 bits per heavy atom. The molecule has 0 bridgehead atoms. The van der Waals surface area contributed by atoms with Crippen LogP contribution in [0.5, 0.6) is 11.5 Å². The Morgan fingerprint density at radius 2 is 1.83 bits per heavy atom. The number of ether oxygens (including phenoxy) is 4. The highest BCUT2D eigenvalue weighted by Crippen LogP contribution is 2.38. The first kappa shape index (κ1) is 28.6. The first-order chi connectivity index (χ1) is 20.3. The molecular weight excluding hydrogens is 560 g/mol. The highest BCUT2D eigenvalue weighted by Gasteiger charge is 2.35. The summed E-state index contributed by atoms with van der Waals surface area (Å²) in [5.41, 5.74) is 1.73. The number of fused-ring (bicyclic) bond motifs is 1. The molecule has 1 aliphatic rings. The third-order valence-electron chi connectivity index (χ3n) is 6.75. The van der Waals surface area contributed by atoms with Crippen molar-refractivity contribution in [1.82, 2.24) is 4.57 Å². The largest absolute Gasteiger partial charge is 0.497 e. The number of allylic oxidation sites excluding steroid dienone is 1. The van der Waals surface area contributed by atoms with E-state index in [9.17, 15) is 14.4 Å². The molecule has 1 unspecified atom stereocenters. The molecule has 0 aliphatic carbocycles. The number of benzene rings is 2. The Labute approximate surface area is 244 Å². The van der Waals surface area contributed by atoms with Crippen LogP contribution in [0.2, 0.25) is 0 Å². The Balaban J connectivity index is 1.67. The van der Waals surface area contributed by atoms with E-state index in [0.717, 1.165) is 11.3 Å². The molecular formula is C31H28N2O8S. The number of aromatic nitrogens is 1. The maximum absolute atomic E-state index is 14.0. The lowest BCUT2D eigenvalue weighted by Crippen LogP contribution is -2.40. The molecule has 11 heteroatoms. The molecule has 4 aromatic rings. The number of hydrogen-bond donors (Lipinski definition) is 0. The lowest BCUT2D eigenvalue weighted by atomic mass is 9.95. The SMILES string of the molecule is CCOC(=O)C1=C(C)N=c2sc(=Cc3ccc(-c4ccccc4C(=O)OC)o3)c(=O)n2C1c1cc(OC)ccc1OC. The van der Waals surface area contributed by atoms with E-state index in [2.05, 4.69) is 4.99 Å². The van der Waals surface area contributed by atoms with Crippen LogP contribution in [-0.2, 0) is 14.3 Å². The summed E-state index contributed by atoms with van der Waals surface area (Å²) < 4.78 is 29.2. The van der Waals surface area contributed by atoms with Crippen LogP contribution in [0.25, 0.3) is 17.4 Å². The highest BCUT2D eigenvalue weighted by molar-refractivity contribution is 7.07. The van der Waals surface area contributed by atoms with Crippen molar-refractivity contribution >= 4 is 29.4 Å².